The van der Waals surface area contributed by atoms with E-state index in [0.717, 1.165) is 4.88 Å². The molecule has 1 aromatic rings. The number of hydrogen-bond acceptors (Lipinski definition) is 4. The van der Waals surface area contributed by atoms with E-state index >= 15 is 0 Å². The second-order valence-electron chi connectivity index (χ2n) is 4.92. The molecule has 0 saturated heterocycles. The fourth-order valence-electron chi connectivity index (χ4n) is 1.58. The van der Waals surface area contributed by atoms with Crippen LogP contribution in [-0.2, 0) is 4.79 Å². The van der Waals surface area contributed by atoms with Gasteiger partial charge in [0.15, 0.2) is 0 Å². The van der Waals surface area contributed by atoms with Gasteiger partial charge in [0.05, 0.1) is 16.4 Å². The van der Waals surface area contributed by atoms with Crippen LogP contribution in [-0.4, -0.2) is 29.1 Å². The minimum absolute atomic E-state index is 0.0209. The first kappa shape index (κ1) is 16.2. The third kappa shape index (κ3) is 5.43. The summed E-state index contributed by atoms with van der Waals surface area (Å²) in [4.78, 5) is 24.2. The van der Waals surface area contributed by atoms with Crippen molar-refractivity contribution in [3.63, 3.8) is 0 Å². The summed E-state index contributed by atoms with van der Waals surface area (Å²) < 4.78 is 0. The lowest BCUT2D eigenvalue weighted by molar-refractivity contribution is -0.119. The van der Waals surface area contributed by atoms with Gasteiger partial charge in [-0.15, -0.1) is 11.3 Å². The molecule has 20 heavy (non-hydrogen) atoms. The van der Waals surface area contributed by atoms with Crippen molar-refractivity contribution in [2.75, 3.05) is 6.61 Å². The average molecular weight is 294 g/mol. The van der Waals surface area contributed by atoms with Crippen molar-refractivity contribution in [2.24, 2.45) is 5.73 Å². The summed E-state index contributed by atoms with van der Waals surface area (Å²) in [7, 11) is 0. The number of carbonyl (C=O) groups is 2. The Kier molecular flexibility index (Phi) is 5.74. The highest BCUT2D eigenvalue weighted by molar-refractivity contribution is 7.14. The van der Waals surface area contributed by atoms with E-state index in [1.165, 1.54) is 11.3 Å². The quantitative estimate of drug-likeness (QED) is 0.703. The molecule has 1 heterocycles. The number of hydrogen-bond donors (Lipinski definition) is 3. The maximum Gasteiger partial charge on any atom is 0.261 e. The van der Waals surface area contributed by atoms with Crippen LogP contribution < -0.4 is 11.1 Å². The molecule has 0 aliphatic rings. The summed E-state index contributed by atoms with van der Waals surface area (Å²) in [5.74, 6) is 4.95. The van der Waals surface area contributed by atoms with Crippen LogP contribution in [0.2, 0.25) is 0 Å². The molecule has 2 amide bonds. The van der Waals surface area contributed by atoms with Crippen LogP contribution in [0.1, 0.15) is 41.2 Å². The number of thiophene rings is 1. The van der Waals surface area contributed by atoms with E-state index < -0.39 is 11.4 Å². The smallest absolute Gasteiger partial charge is 0.261 e. The SMILES string of the molecule is CC(C)(CC(N)=O)NC(=O)c1ccc(C#CCCO)s1. The van der Waals surface area contributed by atoms with Gasteiger partial charge in [-0.3, -0.25) is 9.59 Å². The summed E-state index contributed by atoms with van der Waals surface area (Å²) in [5, 5.41) is 11.4. The lowest BCUT2D eigenvalue weighted by Crippen LogP contribution is -2.45. The average Bonchev–Trinajstić information content (AvgIpc) is 2.75. The number of aliphatic hydroxyl groups is 1. The first-order chi connectivity index (χ1) is 9.34. The predicted octanol–water partition coefficient (Wildman–Crippen LogP) is 0.866. The minimum Gasteiger partial charge on any atom is -0.395 e. The summed E-state index contributed by atoms with van der Waals surface area (Å²) in [5.41, 5.74) is 4.45. The second kappa shape index (κ2) is 7.08. The summed E-state index contributed by atoms with van der Waals surface area (Å²) in [6.07, 6.45) is 0.484. The predicted molar refractivity (Wildman–Crippen MR) is 78.3 cm³/mol. The van der Waals surface area contributed by atoms with Gasteiger partial charge in [0.25, 0.3) is 5.91 Å². The molecule has 5 nitrogen and oxygen atoms in total. The number of rotatable bonds is 5. The van der Waals surface area contributed by atoms with Crippen LogP contribution in [0.25, 0.3) is 0 Å². The monoisotopic (exact) mass is 294 g/mol. The molecule has 6 heteroatoms. The van der Waals surface area contributed by atoms with Gasteiger partial charge in [-0.05, 0) is 26.0 Å². The molecule has 0 aliphatic heterocycles. The minimum atomic E-state index is -0.685. The lowest BCUT2D eigenvalue weighted by atomic mass is 10.0. The Morgan fingerprint density at radius 3 is 2.75 bits per heavy atom. The molecule has 0 aromatic carbocycles. The van der Waals surface area contributed by atoms with Gasteiger partial charge in [0.2, 0.25) is 5.91 Å². The zero-order valence-electron chi connectivity index (χ0n) is 11.5. The Balaban J connectivity index is 2.69. The zero-order chi connectivity index (χ0) is 15.2. The molecular weight excluding hydrogens is 276 g/mol. The maximum atomic E-state index is 12.0. The highest BCUT2D eigenvalue weighted by Gasteiger charge is 2.24. The van der Waals surface area contributed by atoms with Crippen molar-refractivity contribution < 1.29 is 14.7 Å². The van der Waals surface area contributed by atoms with E-state index in [9.17, 15) is 9.59 Å². The largest absolute Gasteiger partial charge is 0.395 e. The molecular formula is C14H18N2O3S. The van der Waals surface area contributed by atoms with Crippen molar-refractivity contribution in [3.05, 3.63) is 21.9 Å². The molecule has 0 spiro atoms. The molecule has 0 radical (unpaired) electrons. The Morgan fingerprint density at radius 2 is 2.15 bits per heavy atom. The van der Waals surface area contributed by atoms with Crippen LogP contribution >= 0.6 is 11.3 Å². The fraction of sp³-hybridized carbons (Fsp3) is 0.429. The van der Waals surface area contributed by atoms with Gasteiger partial charge >= 0.3 is 0 Å². The van der Waals surface area contributed by atoms with Crippen LogP contribution in [0, 0.1) is 11.8 Å². The Morgan fingerprint density at radius 1 is 1.45 bits per heavy atom. The number of primary amides is 1. The number of carbonyl (C=O) groups excluding carboxylic acids is 2. The van der Waals surface area contributed by atoms with Gasteiger partial charge in [-0.25, -0.2) is 0 Å². The molecule has 1 aromatic heterocycles. The normalized spacial score (nSPS) is 10.6. The number of nitrogens with one attached hydrogen (secondary N) is 1. The number of amides is 2. The summed E-state index contributed by atoms with van der Waals surface area (Å²) in [6, 6.07) is 3.44. The van der Waals surface area contributed by atoms with Gasteiger partial charge < -0.3 is 16.2 Å². The first-order valence-electron chi connectivity index (χ1n) is 6.14. The molecule has 0 atom stereocenters. The maximum absolute atomic E-state index is 12.0. The molecule has 0 saturated carbocycles. The van der Waals surface area contributed by atoms with Gasteiger partial charge in [0.1, 0.15) is 0 Å². The first-order valence-corrected chi connectivity index (χ1v) is 6.96. The molecule has 0 aliphatic carbocycles. The third-order valence-corrected chi connectivity index (χ3v) is 3.35. The molecule has 108 valence electrons. The van der Waals surface area contributed by atoms with Crippen molar-refractivity contribution in [1.29, 1.82) is 0 Å². The topological polar surface area (TPSA) is 92.4 Å². The van der Waals surface area contributed by atoms with Gasteiger partial charge in [-0.1, -0.05) is 11.8 Å². The van der Waals surface area contributed by atoms with Crippen LogP contribution in [0.5, 0.6) is 0 Å². The van der Waals surface area contributed by atoms with Gasteiger partial charge in [0, 0.05) is 18.4 Å². The van der Waals surface area contributed by atoms with E-state index in [0.29, 0.717) is 11.3 Å². The summed E-state index contributed by atoms with van der Waals surface area (Å²) in [6.45, 7) is 3.50. The van der Waals surface area contributed by atoms with Crippen molar-refractivity contribution in [1.82, 2.24) is 5.32 Å². The van der Waals surface area contributed by atoms with E-state index in [2.05, 4.69) is 17.2 Å². The van der Waals surface area contributed by atoms with Crippen LogP contribution in [0.3, 0.4) is 0 Å². The van der Waals surface area contributed by atoms with E-state index in [4.69, 9.17) is 10.8 Å². The fourth-order valence-corrected chi connectivity index (χ4v) is 2.36. The van der Waals surface area contributed by atoms with Crippen LogP contribution in [0.15, 0.2) is 12.1 Å². The van der Waals surface area contributed by atoms with Crippen molar-refractivity contribution in [3.8, 4) is 11.8 Å². The highest BCUT2D eigenvalue weighted by atomic mass is 32.1. The van der Waals surface area contributed by atoms with Crippen molar-refractivity contribution >= 4 is 23.2 Å². The Labute approximate surface area is 122 Å². The van der Waals surface area contributed by atoms with E-state index in [1.807, 2.05) is 0 Å². The number of nitrogens with two attached hydrogens (primary N) is 1. The molecule has 0 bridgehead atoms. The Hall–Kier alpha value is -1.84. The van der Waals surface area contributed by atoms with E-state index in [-0.39, 0.29) is 18.9 Å². The number of aliphatic hydroxyl groups excluding tert-OH is 1. The molecule has 0 unspecified atom stereocenters. The zero-order valence-corrected chi connectivity index (χ0v) is 12.3. The standard InChI is InChI=1S/C14H18N2O3S/c1-14(2,9-12(15)18)16-13(19)11-7-6-10(20-11)5-3-4-8-17/h6-7,17H,4,8-9H2,1-2H3,(H2,15,18)(H,16,19). The van der Waals surface area contributed by atoms with Gasteiger partial charge in [-0.2, -0.15) is 0 Å². The molecule has 4 N–H and O–H groups in total. The van der Waals surface area contributed by atoms with Crippen LogP contribution in [0.4, 0.5) is 0 Å². The van der Waals surface area contributed by atoms with Crippen molar-refractivity contribution in [2.45, 2.75) is 32.2 Å². The highest BCUT2D eigenvalue weighted by Crippen LogP contribution is 2.17. The summed E-state index contributed by atoms with van der Waals surface area (Å²) >= 11 is 1.27. The second-order valence-corrected chi connectivity index (χ2v) is 6.00. The molecule has 1 rings (SSSR count). The Bertz CT molecular complexity index is 552. The lowest BCUT2D eigenvalue weighted by Gasteiger charge is -2.24. The van der Waals surface area contributed by atoms with E-state index in [1.54, 1.807) is 26.0 Å². The third-order valence-electron chi connectivity index (χ3n) is 2.35. The molecule has 0 fully saturated rings.